The molecule has 1 amide bonds. The topological polar surface area (TPSA) is 50.1 Å². The van der Waals surface area contributed by atoms with E-state index in [1.807, 2.05) is 33.8 Å². The summed E-state index contributed by atoms with van der Waals surface area (Å²) in [6.45, 7) is 7.45. The highest BCUT2D eigenvalue weighted by Gasteiger charge is 2.38. The second-order valence-corrected chi connectivity index (χ2v) is 6.70. The lowest BCUT2D eigenvalue weighted by Crippen LogP contribution is -2.47. The third kappa shape index (κ3) is 2.80. The molecule has 0 saturated carbocycles. The molecule has 2 aromatic heterocycles. The second kappa shape index (κ2) is 6.53. The molecule has 2 unspecified atom stereocenters. The van der Waals surface area contributed by atoms with Gasteiger partial charge in [-0.1, -0.05) is 13.3 Å². The first-order valence-corrected chi connectivity index (χ1v) is 8.80. The van der Waals surface area contributed by atoms with E-state index in [9.17, 15) is 4.79 Å². The van der Waals surface area contributed by atoms with Crippen LogP contribution < -0.4 is 0 Å². The summed E-state index contributed by atoms with van der Waals surface area (Å²) in [7, 11) is 0. The fourth-order valence-electron chi connectivity index (χ4n) is 3.97. The van der Waals surface area contributed by atoms with Gasteiger partial charge in [-0.05, 0) is 18.1 Å². The zero-order valence-electron chi connectivity index (χ0n) is 14.1. The number of hydrogen-bond acceptors (Lipinski definition) is 4. The van der Waals surface area contributed by atoms with Crippen LogP contribution in [-0.4, -0.2) is 70.5 Å². The monoisotopic (exact) mass is 328 g/mol. The first-order valence-electron chi connectivity index (χ1n) is 8.80. The van der Waals surface area contributed by atoms with Crippen molar-refractivity contribution in [1.82, 2.24) is 19.2 Å². The fourth-order valence-corrected chi connectivity index (χ4v) is 3.97. The van der Waals surface area contributed by atoms with Crippen LogP contribution in [0.25, 0.3) is 5.65 Å². The van der Waals surface area contributed by atoms with Crippen LogP contribution in [0.2, 0.25) is 0 Å². The fraction of sp³-hybridized carbons (Fsp3) is 0.556. The van der Waals surface area contributed by atoms with Crippen LogP contribution in [-0.2, 0) is 4.74 Å². The molecular weight excluding hydrogens is 304 g/mol. The minimum Gasteiger partial charge on any atom is -0.379 e. The Morgan fingerprint density at radius 3 is 2.92 bits per heavy atom. The van der Waals surface area contributed by atoms with Gasteiger partial charge < -0.3 is 14.0 Å². The zero-order valence-corrected chi connectivity index (χ0v) is 14.1. The van der Waals surface area contributed by atoms with Gasteiger partial charge in [0, 0.05) is 50.8 Å². The highest BCUT2D eigenvalue weighted by atomic mass is 16.5. The Bertz CT molecular complexity index is 723. The van der Waals surface area contributed by atoms with E-state index in [2.05, 4.69) is 16.8 Å². The van der Waals surface area contributed by atoms with Crippen molar-refractivity contribution in [3.8, 4) is 0 Å². The Morgan fingerprint density at radius 2 is 2.12 bits per heavy atom. The standard InChI is InChI=1S/C18H24N4O2/c1-2-14-11-22(13-16(14)20-7-9-24-10-8-20)18(23)15-3-4-17-19-5-6-21(17)12-15/h3-6,12,14,16H,2,7-11,13H2,1H3. The van der Waals surface area contributed by atoms with Gasteiger partial charge in [-0.3, -0.25) is 9.69 Å². The predicted molar refractivity (Wildman–Crippen MR) is 91.1 cm³/mol. The molecule has 2 saturated heterocycles. The van der Waals surface area contributed by atoms with Gasteiger partial charge in [0.05, 0.1) is 18.8 Å². The molecule has 2 atom stereocenters. The average molecular weight is 328 g/mol. The van der Waals surface area contributed by atoms with Crippen molar-refractivity contribution in [1.29, 1.82) is 0 Å². The lowest BCUT2D eigenvalue weighted by molar-refractivity contribution is 0.0103. The molecule has 0 aromatic carbocycles. The number of imidazole rings is 1. The molecule has 6 nitrogen and oxygen atoms in total. The average Bonchev–Trinajstić information content (AvgIpc) is 3.27. The van der Waals surface area contributed by atoms with E-state index in [0.717, 1.165) is 57.0 Å². The molecule has 0 N–H and O–H groups in total. The molecule has 2 fully saturated rings. The summed E-state index contributed by atoms with van der Waals surface area (Å²) < 4.78 is 7.38. The van der Waals surface area contributed by atoms with Crippen molar-refractivity contribution >= 4 is 11.6 Å². The third-order valence-electron chi connectivity index (χ3n) is 5.37. The number of aromatic nitrogens is 2. The molecule has 2 aromatic rings. The summed E-state index contributed by atoms with van der Waals surface area (Å²) in [6, 6.07) is 4.24. The number of amides is 1. The van der Waals surface area contributed by atoms with Crippen LogP contribution in [0.5, 0.6) is 0 Å². The zero-order chi connectivity index (χ0) is 16.5. The molecule has 4 rings (SSSR count). The van der Waals surface area contributed by atoms with Crippen LogP contribution in [0.4, 0.5) is 0 Å². The van der Waals surface area contributed by atoms with Crippen LogP contribution in [0.15, 0.2) is 30.7 Å². The van der Waals surface area contributed by atoms with Gasteiger partial charge in [0.25, 0.3) is 5.91 Å². The van der Waals surface area contributed by atoms with Gasteiger partial charge in [0.15, 0.2) is 0 Å². The molecule has 0 bridgehead atoms. The number of fused-ring (bicyclic) bond motifs is 1. The maximum atomic E-state index is 13.0. The number of pyridine rings is 1. The summed E-state index contributed by atoms with van der Waals surface area (Å²) >= 11 is 0. The Morgan fingerprint density at radius 1 is 1.29 bits per heavy atom. The Kier molecular flexibility index (Phi) is 4.24. The van der Waals surface area contributed by atoms with E-state index in [-0.39, 0.29) is 5.91 Å². The number of hydrogen-bond donors (Lipinski definition) is 0. The highest BCUT2D eigenvalue weighted by Crippen LogP contribution is 2.27. The van der Waals surface area contributed by atoms with Crippen LogP contribution >= 0.6 is 0 Å². The SMILES string of the molecule is CCC1CN(C(=O)c2ccc3nccn3c2)CC1N1CCOCC1. The lowest BCUT2D eigenvalue weighted by atomic mass is 9.99. The number of nitrogens with zero attached hydrogens (tertiary/aromatic N) is 4. The molecule has 0 spiro atoms. The van der Waals surface area contributed by atoms with Crippen molar-refractivity contribution in [2.75, 3.05) is 39.4 Å². The molecular formula is C18H24N4O2. The molecule has 4 heterocycles. The molecule has 2 aliphatic rings. The summed E-state index contributed by atoms with van der Waals surface area (Å²) in [5, 5.41) is 0. The van der Waals surface area contributed by atoms with Crippen molar-refractivity contribution in [3.05, 3.63) is 36.3 Å². The molecule has 2 aliphatic heterocycles. The first kappa shape index (κ1) is 15.6. The number of carbonyl (C=O) groups is 1. The highest BCUT2D eigenvalue weighted by molar-refractivity contribution is 5.94. The van der Waals surface area contributed by atoms with Crippen molar-refractivity contribution < 1.29 is 9.53 Å². The van der Waals surface area contributed by atoms with Gasteiger partial charge in [0.2, 0.25) is 0 Å². The third-order valence-corrected chi connectivity index (χ3v) is 5.37. The van der Waals surface area contributed by atoms with Crippen molar-refractivity contribution in [3.63, 3.8) is 0 Å². The van der Waals surface area contributed by atoms with E-state index in [0.29, 0.717) is 12.0 Å². The first-order chi connectivity index (χ1) is 11.8. The summed E-state index contributed by atoms with van der Waals surface area (Å²) in [5.41, 5.74) is 1.60. The minimum atomic E-state index is 0.125. The van der Waals surface area contributed by atoms with Crippen molar-refractivity contribution in [2.24, 2.45) is 5.92 Å². The van der Waals surface area contributed by atoms with E-state index in [1.165, 1.54) is 0 Å². The largest absolute Gasteiger partial charge is 0.379 e. The van der Waals surface area contributed by atoms with Gasteiger partial charge in [-0.2, -0.15) is 0 Å². The Hall–Kier alpha value is -1.92. The summed E-state index contributed by atoms with van der Waals surface area (Å²) in [5.74, 6) is 0.670. The number of rotatable bonds is 3. The molecule has 0 radical (unpaired) electrons. The van der Waals surface area contributed by atoms with Crippen molar-refractivity contribution in [2.45, 2.75) is 19.4 Å². The number of ether oxygens (including phenoxy) is 1. The summed E-state index contributed by atoms with van der Waals surface area (Å²) in [6.07, 6.45) is 6.61. The number of likely N-dealkylation sites (tertiary alicyclic amines) is 1. The Balaban J connectivity index is 1.51. The van der Waals surface area contributed by atoms with Crippen LogP contribution in [0.1, 0.15) is 23.7 Å². The molecule has 128 valence electrons. The minimum absolute atomic E-state index is 0.125. The number of morpholine rings is 1. The van der Waals surface area contributed by atoms with Gasteiger partial charge in [-0.15, -0.1) is 0 Å². The van der Waals surface area contributed by atoms with E-state index in [1.54, 1.807) is 6.20 Å². The normalized spacial score (nSPS) is 25.5. The number of carbonyl (C=O) groups excluding carboxylic acids is 1. The smallest absolute Gasteiger partial charge is 0.255 e. The van der Waals surface area contributed by atoms with E-state index < -0.39 is 0 Å². The maximum absolute atomic E-state index is 13.0. The van der Waals surface area contributed by atoms with Gasteiger partial charge in [-0.25, -0.2) is 4.98 Å². The summed E-state index contributed by atoms with van der Waals surface area (Å²) in [4.78, 5) is 21.7. The van der Waals surface area contributed by atoms with Gasteiger partial charge >= 0.3 is 0 Å². The second-order valence-electron chi connectivity index (χ2n) is 6.70. The molecule has 0 aliphatic carbocycles. The van der Waals surface area contributed by atoms with E-state index in [4.69, 9.17) is 4.74 Å². The quantitative estimate of drug-likeness (QED) is 0.857. The molecule has 24 heavy (non-hydrogen) atoms. The van der Waals surface area contributed by atoms with Crippen LogP contribution in [0.3, 0.4) is 0 Å². The molecule has 6 heteroatoms. The maximum Gasteiger partial charge on any atom is 0.255 e. The Labute approximate surface area is 142 Å². The predicted octanol–water partition coefficient (Wildman–Crippen LogP) is 1.52. The van der Waals surface area contributed by atoms with E-state index >= 15 is 0 Å². The van der Waals surface area contributed by atoms with Gasteiger partial charge in [0.1, 0.15) is 5.65 Å². The van der Waals surface area contributed by atoms with Crippen LogP contribution in [0, 0.1) is 5.92 Å². The lowest BCUT2D eigenvalue weighted by Gasteiger charge is -2.34.